The van der Waals surface area contributed by atoms with Crippen LogP contribution in [0.15, 0.2) is 0 Å². The number of hydrogen-bond donors (Lipinski definition) is 3. The average Bonchev–Trinajstić information content (AvgIpc) is 2.66. The number of hydrogen-bond acceptors (Lipinski definition) is 12. The normalized spacial score (nSPS) is 10.8. The summed E-state index contributed by atoms with van der Waals surface area (Å²) in [4.78, 5) is 26.7. The molecule has 12 heteroatoms. The van der Waals surface area contributed by atoms with E-state index in [-0.39, 0.29) is 36.1 Å². The van der Waals surface area contributed by atoms with E-state index in [9.17, 15) is 0 Å². The molecule has 0 bridgehead atoms. The van der Waals surface area contributed by atoms with Crippen LogP contribution in [0.5, 0.6) is 12.0 Å². The van der Waals surface area contributed by atoms with Crippen LogP contribution in [0.2, 0.25) is 0 Å². The molecule has 2 aromatic rings. The molecule has 0 aliphatic carbocycles. The largest absolute Gasteiger partial charge is 0.467 e. The molecule has 0 radical (unpaired) electrons. The van der Waals surface area contributed by atoms with Gasteiger partial charge in [-0.15, -0.1) is 0 Å². The van der Waals surface area contributed by atoms with Crippen LogP contribution >= 0.6 is 0 Å². The molecule has 12 nitrogen and oxygen atoms in total. The van der Waals surface area contributed by atoms with Crippen LogP contribution in [-0.4, -0.2) is 68.3 Å². The van der Waals surface area contributed by atoms with Gasteiger partial charge in [-0.3, -0.25) is 0 Å². The van der Waals surface area contributed by atoms with E-state index >= 15 is 0 Å². The van der Waals surface area contributed by atoms with E-state index in [0.29, 0.717) is 23.9 Å². The standard InChI is InChI=1S/2C10H19N5O/c1-6(2)15(7(3)4)9-12-8(11)13-10(14-9)16-5;1-6(2)11-8-13-9(12-7(3)4)15-10(14-8)16-5/h6-7H,1-5H3,(H2,11,12,13,14);6-7H,1-5H3,(H2,11,12,13,14,15). The highest BCUT2D eigenvalue weighted by atomic mass is 16.5. The summed E-state index contributed by atoms with van der Waals surface area (Å²) >= 11 is 0. The summed E-state index contributed by atoms with van der Waals surface area (Å²) in [6.45, 7) is 16.4. The predicted octanol–water partition coefficient (Wildman–Crippen LogP) is 2.61. The molecule has 0 aliphatic rings. The van der Waals surface area contributed by atoms with Gasteiger partial charge in [0.05, 0.1) is 14.2 Å². The van der Waals surface area contributed by atoms with E-state index in [0.717, 1.165) is 0 Å². The number of methoxy groups -OCH3 is 2. The molecule has 0 fully saturated rings. The Morgan fingerprint density at radius 3 is 1.47 bits per heavy atom. The lowest BCUT2D eigenvalue weighted by Gasteiger charge is -2.30. The number of nitrogens with two attached hydrogens (primary N) is 1. The zero-order valence-corrected chi connectivity index (χ0v) is 20.8. The number of nitrogens with zero attached hydrogens (tertiary/aromatic N) is 7. The first-order chi connectivity index (χ1) is 15.0. The van der Waals surface area contributed by atoms with Crippen LogP contribution in [-0.2, 0) is 0 Å². The molecule has 0 aromatic carbocycles. The van der Waals surface area contributed by atoms with Crippen molar-refractivity contribution in [3.63, 3.8) is 0 Å². The maximum atomic E-state index is 5.60. The van der Waals surface area contributed by atoms with Gasteiger partial charge in [-0.05, 0) is 55.4 Å². The highest BCUT2D eigenvalue weighted by Gasteiger charge is 2.18. The number of rotatable bonds is 9. The van der Waals surface area contributed by atoms with Crippen molar-refractivity contribution in [2.45, 2.75) is 79.6 Å². The summed E-state index contributed by atoms with van der Waals surface area (Å²) in [7, 11) is 3.04. The minimum absolute atomic E-state index is 0.174. The zero-order chi connectivity index (χ0) is 24.4. The van der Waals surface area contributed by atoms with Gasteiger partial charge >= 0.3 is 12.0 Å². The van der Waals surface area contributed by atoms with Crippen molar-refractivity contribution in [1.82, 2.24) is 29.9 Å². The summed E-state index contributed by atoms with van der Waals surface area (Å²) in [5.41, 5.74) is 5.60. The molecule has 180 valence electrons. The Morgan fingerprint density at radius 1 is 0.656 bits per heavy atom. The number of nitrogens with one attached hydrogen (secondary N) is 2. The first-order valence-electron chi connectivity index (χ1n) is 10.6. The SMILES string of the molecule is COc1nc(N)nc(N(C(C)C)C(C)C)n1.COc1nc(NC(C)C)nc(NC(C)C)n1. The Balaban J connectivity index is 0.000000320. The van der Waals surface area contributed by atoms with Gasteiger partial charge in [-0.1, -0.05) is 0 Å². The third-order valence-electron chi connectivity index (χ3n) is 3.78. The summed E-state index contributed by atoms with van der Waals surface area (Å²) in [5, 5.41) is 6.22. The Morgan fingerprint density at radius 2 is 1.09 bits per heavy atom. The van der Waals surface area contributed by atoms with Gasteiger partial charge in [-0.2, -0.15) is 29.9 Å². The van der Waals surface area contributed by atoms with Crippen LogP contribution in [0.4, 0.5) is 23.8 Å². The van der Waals surface area contributed by atoms with E-state index in [2.05, 4.69) is 73.1 Å². The van der Waals surface area contributed by atoms with Gasteiger partial charge < -0.3 is 30.7 Å². The second kappa shape index (κ2) is 12.6. The molecule has 0 saturated heterocycles. The lowest BCUT2D eigenvalue weighted by Crippen LogP contribution is -2.38. The second-order valence-electron chi connectivity index (χ2n) is 8.14. The number of nitrogen functional groups attached to an aromatic ring is 1. The van der Waals surface area contributed by atoms with Crippen LogP contribution in [0.1, 0.15) is 55.4 Å². The first-order valence-corrected chi connectivity index (χ1v) is 10.6. The predicted molar refractivity (Wildman–Crippen MR) is 127 cm³/mol. The first kappa shape index (κ1) is 26.9. The Kier molecular flexibility index (Phi) is 10.6. The van der Waals surface area contributed by atoms with Crippen molar-refractivity contribution in [1.29, 1.82) is 0 Å². The van der Waals surface area contributed by atoms with E-state index in [1.807, 2.05) is 27.7 Å². The highest BCUT2D eigenvalue weighted by Crippen LogP contribution is 2.18. The van der Waals surface area contributed by atoms with Crippen LogP contribution in [0.3, 0.4) is 0 Å². The molecule has 2 aromatic heterocycles. The van der Waals surface area contributed by atoms with Crippen molar-refractivity contribution in [3.8, 4) is 12.0 Å². The molecule has 0 saturated carbocycles. The van der Waals surface area contributed by atoms with E-state index < -0.39 is 0 Å². The summed E-state index contributed by atoms with van der Waals surface area (Å²) in [5.74, 6) is 1.76. The summed E-state index contributed by atoms with van der Waals surface area (Å²) in [6.07, 6.45) is 0. The van der Waals surface area contributed by atoms with Crippen molar-refractivity contribution in [2.24, 2.45) is 0 Å². The quantitative estimate of drug-likeness (QED) is 0.515. The van der Waals surface area contributed by atoms with Gasteiger partial charge in [0.15, 0.2) is 0 Å². The molecule has 0 spiro atoms. The van der Waals surface area contributed by atoms with Crippen LogP contribution < -0.4 is 30.7 Å². The average molecular weight is 451 g/mol. The highest BCUT2D eigenvalue weighted by molar-refractivity contribution is 5.38. The molecule has 2 rings (SSSR count). The molecule has 4 N–H and O–H groups in total. The fraction of sp³-hybridized carbons (Fsp3) is 0.700. The third-order valence-corrected chi connectivity index (χ3v) is 3.78. The Labute approximate surface area is 190 Å². The molecule has 32 heavy (non-hydrogen) atoms. The topological polar surface area (TPSA) is 149 Å². The fourth-order valence-corrected chi connectivity index (χ4v) is 2.72. The maximum Gasteiger partial charge on any atom is 0.322 e. The van der Waals surface area contributed by atoms with Crippen molar-refractivity contribution in [3.05, 3.63) is 0 Å². The van der Waals surface area contributed by atoms with Gasteiger partial charge in [0.25, 0.3) is 0 Å². The number of aromatic nitrogens is 6. The minimum atomic E-state index is 0.174. The monoisotopic (exact) mass is 450 g/mol. The molecular weight excluding hydrogens is 412 g/mol. The van der Waals surface area contributed by atoms with Gasteiger partial charge in [0, 0.05) is 24.2 Å². The molecule has 0 unspecified atom stereocenters. The lowest BCUT2D eigenvalue weighted by atomic mass is 10.2. The minimum Gasteiger partial charge on any atom is -0.467 e. The van der Waals surface area contributed by atoms with Gasteiger partial charge in [0.2, 0.25) is 23.8 Å². The van der Waals surface area contributed by atoms with E-state index in [1.54, 1.807) is 0 Å². The van der Waals surface area contributed by atoms with Gasteiger partial charge in [-0.25, -0.2) is 0 Å². The van der Waals surface area contributed by atoms with E-state index in [1.165, 1.54) is 14.2 Å². The number of ether oxygens (including phenoxy) is 2. The smallest absolute Gasteiger partial charge is 0.322 e. The van der Waals surface area contributed by atoms with Crippen molar-refractivity contribution in [2.75, 3.05) is 35.5 Å². The van der Waals surface area contributed by atoms with Gasteiger partial charge in [0.1, 0.15) is 0 Å². The zero-order valence-electron chi connectivity index (χ0n) is 20.8. The molecule has 0 amide bonds. The lowest BCUT2D eigenvalue weighted by molar-refractivity contribution is 0.378. The second-order valence-corrected chi connectivity index (χ2v) is 8.14. The Bertz CT molecular complexity index is 792. The molecular formula is C20H38N10O2. The van der Waals surface area contributed by atoms with Crippen LogP contribution in [0, 0.1) is 0 Å². The maximum absolute atomic E-state index is 5.60. The molecule has 2 heterocycles. The third kappa shape index (κ3) is 8.90. The molecule has 0 atom stereocenters. The van der Waals surface area contributed by atoms with Crippen molar-refractivity contribution < 1.29 is 9.47 Å². The van der Waals surface area contributed by atoms with E-state index in [4.69, 9.17) is 15.2 Å². The molecule has 0 aliphatic heterocycles. The van der Waals surface area contributed by atoms with Crippen molar-refractivity contribution >= 4 is 23.8 Å². The van der Waals surface area contributed by atoms with Crippen LogP contribution in [0.25, 0.3) is 0 Å². The summed E-state index contributed by atoms with van der Waals surface area (Å²) in [6, 6.07) is 1.64. The Hall–Kier alpha value is -3.18. The number of anilines is 4. The fourth-order valence-electron chi connectivity index (χ4n) is 2.72. The summed E-state index contributed by atoms with van der Waals surface area (Å²) < 4.78 is 9.99.